The summed E-state index contributed by atoms with van der Waals surface area (Å²) in [4.78, 5) is 27.0. The summed E-state index contributed by atoms with van der Waals surface area (Å²) in [5.74, 6) is -0.189. The van der Waals surface area contributed by atoms with Crippen molar-refractivity contribution in [3.05, 3.63) is 66.4 Å². The van der Waals surface area contributed by atoms with Gasteiger partial charge in [0.1, 0.15) is 20.9 Å². The molecule has 1 atom stereocenters. The van der Waals surface area contributed by atoms with Crippen LogP contribution in [0.25, 0.3) is 32.0 Å². The number of amides is 1. The van der Waals surface area contributed by atoms with Crippen LogP contribution in [0.1, 0.15) is 28.9 Å². The zero-order valence-electron chi connectivity index (χ0n) is 16.3. The number of benzene rings is 1. The van der Waals surface area contributed by atoms with Gasteiger partial charge >= 0.3 is 0 Å². The van der Waals surface area contributed by atoms with Crippen molar-refractivity contribution < 1.29 is 4.79 Å². The zero-order valence-corrected chi connectivity index (χ0v) is 17.1. The third-order valence-corrected chi connectivity index (χ3v) is 5.94. The average Bonchev–Trinajstić information content (AvgIpc) is 3.38. The Hall–Kier alpha value is -3.72. The molecule has 1 aromatic carbocycles. The van der Waals surface area contributed by atoms with Gasteiger partial charge in [0.15, 0.2) is 0 Å². The molecule has 0 radical (unpaired) electrons. The van der Waals surface area contributed by atoms with Gasteiger partial charge in [0.2, 0.25) is 0 Å². The number of fused-ring (bicyclic) bond motifs is 3. The van der Waals surface area contributed by atoms with Gasteiger partial charge in [-0.3, -0.25) is 4.79 Å². The summed E-state index contributed by atoms with van der Waals surface area (Å²) in [5, 5.41) is 11.3. The van der Waals surface area contributed by atoms with E-state index in [-0.39, 0.29) is 11.9 Å². The number of aromatic nitrogens is 6. The summed E-state index contributed by atoms with van der Waals surface area (Å²) in [5.41, 5.74) is 5.11. The van der Waals surface area contributed by atoms with E-state index in [0.717, 1.165) is 37.5 Å². The van der Waals surface area contributed by atoms with Crippen LogP contribution in [0, 0.1) is 0 Å². The summed E-state index contributed by atoms with van der Waals surface area (Å²) in [7, 11) is 1.96. The molecule has 30 heavy (non-hydrogen) atoms. The fraction of sp³-hybridized carbons (Fsp3) is 0.143. The topological polar surface area (TPSA) is 98.5 Å². The highest BCUT2D eigenvalue weighted by Crippen LogP contribution is 2.33. The van der Waals surface area contributed by atoms with Crippen molar-refractivity contribution in [2.45, 2.75) is 13.0 Å². The third-order valence-electron chi connectivity index (χ3n) is 4.93. The van der Waals surface area contributed by atoms with Gasteiger partial charge in [-0.05, 0) is 24.6 Å². The summed E-state index contributed by atoms with van der Waals surface area (Å²) in [6, 6.07) is 9.49. The lowest BCUT2D eigenvalue weighted by Crippen LogP contribution is -2.26. The lowest BCUT2D eigenvalue weighted by Gasteiger charge is -2.15. The maximum Gasteiger partial charge on any atom is 0.253 e. The van der Waals surface area contributed by atoms with Crippen molar-refractivity contribution in [2.24, 2.45) is 7.05 Å². The molecule has 9 heteroatoms. The Kier molecular flexibility index (Phi) is 4.44. The summed E-state index contributed by atoms with van der Waals surface area (Å²) >= 11 is 1.54. The standard InChI is InChI=1S/C21H17N7OS/c1-12(26-19(29)15-6-7-24-25-9-15)13-4-3-5-14(8-13)20-27-17-18-16(23-11-28(18)2)10-22-21(17)30-20/h3-12H,1-2H3,(H,26,29)/t12-/m0/s1. The van der Waals surface area contributed by atoms with Gasteiger partial charge in [-0.2, -0.15) is 10.2 Å². The summed E-state index contributed by atoms with van der Waals surface area (Å²) in [6.07, 6.45) is 6.50. The first-order chi connectivity index (χ1) is 14.6. The van der Waals surface area contributed by atoms with E-state index in [1.54, 1.807) is 29.9 Å². The Labute approximate surface area is 175 Å². The molecule has 148 valence electrons. The molecule has 0 fully saturated rings. The number of aryl methyl sites for hydroxylation is 1. The molecule has 4 aromatic heterocycles. The van der Waals surface area contributed by atoms with E-state index in [1.807, 2.05) is 42.8 Å². The average molecular weight is 415 g/mol. The van der Waals surface area contributed by atoms with Gasteiger partial charge in [-0.25, -0.2) is 15.0 Å². The number of thiazole rings is 1. The normalized spacial score (nSPS) is 12.3. The SMILES string of the molecule is C[C@H](NC(=O)c1ccnnc1)c1cccc(-c2nc3c(ncc4ncn(C)c43)s2)c1. The molecule has 0 spiro atoms. The predicted molar refractivity (Wildman–Crippen MR) is 115 cm³/mol. The van der Waals surface area contributed by atoms with Gasteiger partial charge in [0, 0.05) is 12.6 Å². The first-order valence-electron chi connectivity index (χ1n) is 9.34. The van der Waals surface area contributed by atoms with Crippen molar-refractivity contribution >= 4 is 38.6 Å². The number of rotatable bonds is 4. The minimum atomic E-state index is -0.189. The highest BCUT2D eigenvalue weighted by molar-refractivity contribution is 7.21. The monoisotopic (exact) mass is 415 g/mol. The summed E-state index contributed by atoms with van der Waals surface area (Å²) < 4.78 is 1.96. The van der Waals surface area contributed by atoms with E-state index in [0.29, 0.717) is 5.56 Å². The smallest absolute Gasteiger partial charge is 0.253 e. The quantitative estimate of drug-likeness (QED) is 0.482. The second-order valence-electron chi connectivity index (χ2n) is 6.97. The molecular formula is C21H17N7OS. The van der Waals surface area contributed by atoms with Crippen LogP contribution in [-0.2, 0) is 7.05 Å². The molecule has 4 heterocycles. The number of carbonyl (C=O) groups excluding carboxylic acids is 1. The van der Waals surface area contributed by atoms with Gasteiger partial charge in [0.25, 0.3) is 5.91 Å². The predicted octanol–water partition coefficient (Wildman–Crippen LogP) is 3.53. The number of hydrogen-bond acceptors (Lipinski definition) is 7. The van der Waals surface area contributed by atoms with Crippen molar-refractivity contribution in [1.29, 1.82) is 0 Å². The minimum absolute atomic E-state index is 0.179. The van der Waals surface area contributed by atoms with Gasteiger partial charge < -0.3 is 9.88 Å². The molecule has 8 nitrogen and oxygen atoms in total. The van der Waals surface area contributed by atoms with E-state index < -0.39 is 0 Å². The number of nitrogens with zero attached hydrogens (tertiary/aromatic N) is 6. The number of hydrogen-bond donors (Lipinski definition) is 1. The van der Waals surface area contributed by atoms with Crippen LogP contribution < -0.4 is 5.32 Å². The van der Waals surface area contributed by atoms with E-state index in [9.17, 15) is 4.79 Å². The Balaban J connectivity index is 1.46. The van der Waals surface area contributed by atoms with Crippen molar-refractivity contribution in [3.63, 3.8) is 0 Å². The molecule has 0 bridgehead atoms. The first kappa shape index (κ1) is 18.3. The Morgan fingerprint density at radius 1 is 1.17 bits per heavy atom. The Morgan fingerprint density at radius 2 is 2.07 bits per heavy atom. The maximum atomic E-state index is 12.4. The fourth-order valence-corrected chi connectivity index (χ4v) is 4.27. The zero-order chi connectivity index (χ0) is 20.7. The van der Waals surface area contributed by atoms with Gasteiger partial charge in [-0.15, -0.1) is 0 Å². The molecular weight excluding hydrogens is 398 g/mol. The lowest BCUT2D eigenvalue weighted by molar-refractivity contribution is 0.0939. The van der Waals surface area contributed by atoms with Crippen molar-refractivity contribution in [3.8, 4) is 10.6 Å². The van der Waals surface area contributed by atoms with Crippen LogP contribution in [0.2, 0.25) is 0 Å². The second-order valence-corrected chi connectivity index (χ2v) is 7.95. The number of nitrogens with one attached hydrogen (secondary N) is 1. The molecule has 0 unspecified atom stereocenters. The van der Waals surface area contributed by atoms with Crippen LogP contribution in [0.3, 0.4) is 0 Å². The van der Waals surface area contributed by atoms with Crippen molar-refractivity contribution in [1.82, 2.24) is 35.0 Å². The van der Waals surface area contributed by atoms with Gasteiger partial charge in [0.05, 0.1) is 42.0 Å². The van der Waals surface area contributed by atoms with Gasteiger partial charge in [-0.1, -0.05) is 29.5 Å². The van der Waals surface area contributed by atoms with Crippen LogP contribution in [0.15, 0.2) is 55.2 Å². The highest BCUT2D eigenvalue weighted by atomic mass is 32.1. The van der Waals surface area contributed by atoms with Crippen LogP contribution in [0.5, 0.6) is 0 Å². The summed E-state index contributed by atoms with van der Waals surface area (Å²) in [6.45, 7) is 1.95. The molecule has 0 saturated carbocycles. The number of pyridine rings is 1. The second kappa shape index (κ2) is 7.27. The minimum Gasteiger partial charge on any atom is -0.345 e. The number of imidazole rings is 1. The fourth-order valence-electron chi connectivity index (χ4n) is 3.36. The Morgan fingerprint density at radius 3 is 2.90 bits per heavy atom. The van der Waals surface area contributed by atoms with Crippen molar-refractivity contribution in [2.75, 3.05) is 0 Å². The van der Waals surface area contributed by atoms with E-state index in [1.165, 1.54) is 12.4 Å². The molecule has 5 rings (SSSR count). The molecule has 0 aliphatic heterocycles. The molecule has 0 aliphatic carbocycles. The highest BCUT2D eigenvalue weighted by Gasteiger charge is 2.16. The van der Waals surface area contributed by atoms with Crippen LogP contribution in [0.4, 0.5) is 0 Å². The molecule has 1 N–H and O–H groups in total. The molecule has 5 aromatic rings. The third kappa shape index (κ3) is 3.18. The molecule has 1 amide bonds. The van der Waals surface area contributed by atoms with Crippen LogP contribution in [-0.4, -0.2) is 35.6 Å². The van der Waals surface area contributed by atoms with E-state index in [4.69, 9.17) is 4.98 Å². The molecule has 0 saturated heterocycles. The largest absolute Gasteiger partial charge is 0.345 e. The first-order valence-corrected chi connectivity index (χ1v) is 10.2. The van der Waals surface area contributed by atoms with E-state index >= 15 is 0 Å². The Bertz CT molecular complexity index is 1380. The molecule has 0 aliphatic rings. The number of carbonyl (C=O) groups is 1. The lowest BCUT2D eigenvalue weighted by atomic mass is 10.0. The maximum absolute atomic E-state index is 12.4. The van der Waals surface area contributed by atoms with E-state index in [2.05, 4.69) is 25.5 Å². The van der Waals surface area contributed by atoms with Crippen LogP contribution >= 0.6 is 11.3 Å².